The Hall–Kier alpha value is -1.87. The highest BCUT2D eigenvalue weighted by atomic mass is 35.5. The van der Waals surface area contributed by atoms with Crippen molar-refractivity contribution in [1.82, 2.24) is 4.98 Å². The molecule has 1 aromatic heterocycles. The highest BCUT2D eigenvalue weighted by Gasteiger charge is 2.14. The lowest BCUT2D eigenvalue weighted by atomic mass is 10.0. The number of halogens is 1. The number of carbonyl (C=O) groups excluding carboxylic acids is 1. The molecule has 0 aliphatic carbocycles. The molecule has 2 rings (SSSR count). The standard InChI is InChI=1S/C13H10ClNO2/c1-17-12-3-2-10(14)8-11(12)13(16)9-4-6-15-7-5-9/h2-8H,1H3. The van der Waals surface area contributed by atoms with E-state index in [0.29, 0.717) is 21.9 Å². The molecule has 0 saturated carbocycles. The van der Waals surface area contributed by atoms with E-state index in [1.165, 1.54) is 7.11 Å². The van der Waals surface area contributed by atoms with Gasteiger partial charge in [-0.25, -0.2) is 0 Å². The van der Waals surface area contributed by atoms with Gasteiger partial charge in [0.1, 0.15) is 5.75 Å². The molecule has 0 bridgehead atoms. The maximum absolute atomic E-state index is 12.2. The molecule has 0 aliphatic heterocycles. The summed E-state index contributed by atoms with van der Waals surface area (Å²) in [6.45, 7) is 0. The minimum absolute atomic E-state index is 0.133. The molecule has 1 aromatic carbocycles. The lowest BCUT2D eigenvalue weighted by Crippen LogP contribution is -2.04. The Labute approximate surface area is 104 Å². The lowest BCUT2D eigenvalue weighted by Gasteiger charge is -2.07. The number of benzene rings is 1. The van der Waals surface area contributed by atoms with Crippen molar-refractivity contribution in [2.75, 3.05) is 7.11 Å². The quantitative estimate of drug-likeness (QED) is 0.783. The number of ketones is 1. The number of nitrogens with zero attached hydrogens (tertiary/aromatic N) is 1. The van der Waals surface area contributed by atoms with Crippen molar-refractivity contribution in [1.29, 1.82) is 0 Å². The van der Waals surface area contributed by atoms with E-state index in [4.69, 9.17) is 16.3 Å². The molecule has 0 saturated heterocycles. The van der Waals surface area contributed by atoms with Crippen LogP contribution in [0.3, 0.4) is 0 Å². The summed E-state index contributed by atoms with van der Waals surface area (Å²) in [7, 11) is 1.52. The summed E-state index contributed by atoms with van der Waals surface area (Å²) in [6.07, 6.45) is 3.15. The predicted octanol–water partition coefficient (Wildman–Crippen LogP) is 2.97. The van der Waals surface area contributed by atoms with E-state index >= 15 is 0 Å². The van der Waals surface area contributed by atoms with Crippen molar-refractivity contribution < 1.29 is 9.53 Å². The van der Waals surface area contributed by atoms with Gasteiger partial charge in [0.2, 0.25) is 0 Å². The first-order valence-corrected chi connectivity index (χ1v) is 5.38. The van der Waals surface area contributed by atoms with Crippen LogP contribution in [0.1, 0.15) is 15.9 Å². The fraction of sp³-hybridized carbons (Fsp3) is 0.0769. The van der Waals surface area contributed by atoms with Crippen LogP contribution in [-0.4, -0.2) is 17.9 Å². The average molecular weight is 248 g/mol. The zero-order valence-corrected chi connectivity index (χ0v) is 9.94. The molecule has 0 fully saturated rings. The van der Waals surface area contributed by atoms with Crippen LogP contribution in [0, 0.1) is 0 Å². The molecule has 0 spiro atoms. The van der Waals surface area contributed by atoms with Crippen LogP contribution in [0.15, 0.2) is 42.7 Å². The van der Waals surface area contributed by atoms with Crippen LogP contribution in [0.4, 0.5) is 0 Å². The van der Waals surface area contributed by atoms with Gasteiger partial charge in [-0.3, -0.25) is 9.78 Å². The Bertz CT molecular complexity index is 540. The fourth-order valence-electron chi connectivity index (χ4n) is 1.52. The lowest BCUT2D eigenvalue weighted by molar-refractivity contribution is 0.103. The van der Waals surface area contributed by atoms with E-state index < -0.39 is 0 Å². The molecular formula is C13H10ClNO2. The zero-order chi connectivity index (χ0) is 12.3. The number of methoxy groups -OCH3 is 1. The monoisotopic (exact) mass is 247 g/mol. The van der Waals surface area contributed by atoms with Gasteiger partial charge in [0.15, 0.2) is 5.78 Å². The summed E-state index contributed by atoms with van der Waals surface area (Å²) in [6, 6.07) is 8.27. The number of hydrogen-bond acceptors (Lipinski definition) is 3. The van der Waals surface area contributed by atoms with E-state index in [1.54, 1.807) is 42.7 Å². The smallest absolute Gasteiger partial charge is 0.196 e. The second-order valence-corrected chi connectivity index (χ2v) is 3.85. The number of hydrogen-bond donors (Lipinski definition) is 0. The van der Waals surface area contributed by atoms with E-state index in [1.807, 2.05) is 0 Å². The Morgan fingerprint density at radius 3 is 2.59 bits per heavy atom. The Morgan fingerprint density at radius 1 is 1.24 bits per heavy atom. The van der Waals surface area contributed by atoms with Gasteiger partial charge in [-0.2, -0.15) is 0 Å². The average Bonchev–Trinajstić information content (AvgIpc) is 2.39. The van der Waals surface area contributed by atoms with Crippen LogP contribution in [0.2, 0.25) is 5.02 Å². The molecule has 4 heteroatoms. The minimum Gasteiger partial charge on any atom is -0.496 e. The topological polar surface area (TPSA) is 39.2 Å². The maximum Gasteiger partial charge on any atom is 0.196 e. The number of ether oxygens (including phenoxy) is 1. The van der Waals surface area contributed by atoms with Crippen LogP contribution in [0.25, 0.3) is 0 Å². The molecule has 3 nitrogen and oxygen atoms in total. The van der Waals surface area contributed by atoms with Gasteiger partial charge in [0.05, 0.1) is 12.7 Å². The van der Waals surface area contributed by atoms with Gasteiger partial charge in [-0.05, 0) is 30.3 Å². The molecular weight excluding hydrogens is 238 g/mol. The maximum atomic E-state index is 12.2. The third kappa shape index (κ3) is 2.45. The van der Waals surface area contributed by atoms with Gasteiger partial charge >= 0.3 is 0 Å². The van der Waals surface area contributed by atoms with Crippen molar-refractivity contribution in [3.63, 3.8) is 0 Å². The van der Waals surface area contributed by atoms with Crippen molar-refractivity contribution in [3.8, 4) is 5.75 Å². The highest BCUT2D eigenvalue weighted by molar-refractivity contribution is 6.31. The van der Waals surface area contributed by atoms with E-state index in [9.17, 15) is 4.79 Å². The van der Waals surface area contributed by atoms with Gasteiger partial charge in [-0.15, -0.1) is 0 Å². The first-order valence-electron chi connectivity index (χ1n) is 5.00. The van der Waals surface area contributed by atoms with E-state index in [0.717, 1.165) is 0 Å². The number of pyridine rings is 1. The molecule has 0 radical (unpaired) electrons. The Kier molecular flexibility index (Phi) is 3.40. The molecule has 1 heterocycles. The number of rotatable bonds is 3. The molecule has 0 aliphatic rings. The second-order valence-electron chi connectivity index (χ2n) is 3.41. The van der Waals surface area contributed by atoms with Crippen LogP contribution in [-0.2, 0) is 0 Å². The largest absolute Gasteiger partial charge is 0.496 e. The molecule has 0 amide bonds. The third-order valence-corrected chi connectivity index (χ3v) is 2.58. The second kappa shape index (κ2) is 4.97. The van der Waals surface area contributed by atoms with Gasteiger partial charge in [0.25, 0.3) is 0 Å². The van der Waals surface area contributed by atoms with Crippen LogP contribution in [0.5, 0.6) is 5.75 Å². The van der Waals surface area contributed by atoms with Crippen molar-refractivity contribution >= 4 is 17.4 Å². The van der Waals surface area contributed by atoms with Crippen LogP contribution >= 0.6 is 11.6 Å². The molecule has 17 heavy (non-hydrogen) atoms. The Morgan fingerprint density at radius 2 is 1.94 bits per heavy atom. The molecule has 0 unspecified atom stereocenters. The molecule has 86 valence electrons. The van der Waals surface area contributed by atoms with Gasteiger partial charge in [0, 0.05) is 23.0 Å². The first-order chi connectivity index (χ1) is 8.22. The summed E-state index contributed by atoms with van der Waals surface area (Å²) in [5.74, 6) is 0.378. The first kappa shape index (κ1) is 11.6. The van der Waals surface area contributed by atoms with Crippen molar-refractivity contribution in [2.45, 2.75) is 0 Å². The molecule has 0 atom stereocenters. The highest BCUT2D eigenvalue weighted by Crippen LogP contribution is 2.24. The summed E-state index contributed by atoms with van der Waals surface area (Å²) in [4.78, 5) is 16.1. The fourth-order valence-corrected chi connectivity index (χ4v) is 1.69. The SMILES string of the molecule is COc1ccc(Cl)cc1C(=O)c1ccncc1. The summed E-state index contributed by atoms with van der Waals surface area (Å²) < 4.78 is 5.15. The summed E-state index contributed by atoms with van der Waals surface area (Å²) >= 11 is 5.89. The van der Waals surface area contributed by atoms with Crippen molar-refractivity contribution in [3.05, 3.63) is 58.9 Å². The molecule has 2 aromatic rings. The molecule has 0 N–H and O–H groups in total. The third-order valence-electron chi connectivity index (χ3n) is 2.35. The van der Waals surface area contributed by atoms with Crippen molar-refractivity contribution in [2.24, 2.45) is 0 Å². The minimum atomic E-state index is -0.133. The summed E-state index contributed by atoms with van der Waals surface area (Å²) in [5.41, 5.74) is 1.01. The normalized spacial score (nSPS) is 10.0. The number of aromatic nitrogens is 1. The van der Waals surface area contributed by atoms with Gasteiger partial charge in [-0.1, -0.05) is 11.6 Å². The van der Waals surface area contributed by atoms with E-state index in [2.05, 4.69) is 4.98 Å². The summed E-state index contributed by atoms with van der Waals surface area (Å²) in [5, 5.41) is 0.503. The van der Waals surface area contributed by atoms with Crippen LogP contribution < -0.4 is 4.74 Å². The predicted molar refractivity (Wildman–Crippen MR) is 65.7 cm³/mol. The Balaban J connectivity index is 2.47. The number of carbonyl (C=O) groups is 1. The zero-order valence-electron chi connectivity index (χ0n) is 9.18. The van der Waals surface area contributed by atoms with Gasteiger partial charge < -0.3 is 4.74 Å². The van der Waals surface area contributed by atoms with E-state index in [-0.39, 0.29) is 5.78 Å².